The minimum Gasteiger partial charge on any atom is -0.300 e. The summed E-state index contributed by atoms with van der Waals surface area (Å²) in [5.74, 6) is 0. The summed E-state index contributed by atoms with van der Waals surface area (Å²) in [6.45, 7) is 6.40. The number of hydrogen-bond donors (Lipinski definition) is 1. The highest BCUT2D eigenvalue weighted by atomic mass is 35.5. The summed E-state index contributed by atoms with van der Waals surface area (Å²) in [5.41, 5.74) is 1.18. The molecule has 1 nitrogen and oxygen atoms in total. The highest BCUT2D eigenvalue weighted by molar-refractivity contribution is 6.17. The van der Waals surface area contributed by atoms with Crippen molar-refractivity contribution < 1.29 is 0 Å². The Bertz CT molecular complexity index is 159. The lowest BCUT2D eigenvalue weighted by Crippen LogP contribution is -2.13. The van der Waals surface area contributed by atoms with E-state index in [1.54, 1.807) is 6.08 Å². The highest BCUT2D eigenvalue weighted by Gasteiger charge is 1.87. The third-order valence-electron chi connectivity index (χ3n) is 1.14. The van der Waals surface area contributed by atoms with Crippen molar-refractivity contribution in [1.29, 1.82) is 0 Å². The first-order valence-corrected chi connectivity index (χ1v) is 4.09. The molecule has 0 fully saturated rings. The molecule has 0 unspecified atom stereocenters. The van der Waals surface area contributed by atoms with Crippen molar-refractivity contribution in [3.8, 4) is 0 Å². The Hall–Kier alpha value is -0.530. The van der Waals surface area contributed by atoms with Crippen molar-refractivity contribution in [2.24, 2.45) is 0 Å². The minimum absolute atomic E-state index is 0.478. The fraction of sp³-hybridized carbons (Fsp3) is 0.333. The molecule has 0 aromatic heterocycles. The molecule has 2 heteroatoms. The van der Waals surface area contributed by atoms with Gasteiger partial charge >= 0.3 is 0 Å². The zero-order valence-corrected chi connectivity index (χ0v) is 7.56. The van der Waals surface area contributed by atoms with E-state index in [1.807, 2.05) is 25.2 Å². The molecule has 0 rings (SSSR count). The normalized spacial score (nSPS) is 12.4. The van der Waals surface area contributed by atoms with E-state index in [1.165, 1.54) is 5.57 Å². The van der Waals surface area contributed by atoms with E-state index in [-0.39, 0.29) is 0 Å². The standard InChI is InChI=1S/C9H14ClN/c1-3-5-9(6-4-2)7-11-8-10/h3-6,11H,1,7-8H2,2H3/b6-4-,9-5+. The van der Waals surface area contributed by atoms with Crippen molar-refractivity contribution in [1.82, 2.24) is 5.32 Å². The van der Waals surface area contributed by atoms with Crippen LogP contribution in [0.25, 0.3) is 0 Å². The Balaban J connectivity index is 3.89. The van der Waals surface area contributed by atoms with E-state index < -0.39 is 0 Å². The average Bonchev–Trinajstić information content (AvgIpc) is 2.01. The lowest BCUT2D eigenvalue weighted by Gasteiger charge is -1.99. The second kappa shape index (κ2) is 7.58. The van der Waals surface area contributed by atoms with Gasteiger partial charge in [0.1, 0.15) is 0 Å². The molecule has 0 aromatic rings. The SMILES string of the molecule is C=C/C=C(\C=C/C)CNCCl. The van der Waals surface area contributed by atoms with Crippen LogP contribution < -0.4 is 5.32 Å². The quantitative estimate of drug-likeness (QED) is 0.381. The van der Waals surface area contributed by atoms with E-state index in [4.69, 9.17) is 11.6 Å². The molecule has 0 saturated carbocycles. The molecule has 0 radical (unpaired) electrons. The predicted octanol–water partition coefficient (Wildman–Crippen LogP) is 2.46. The molecule has 0 aliphatic heterocycles. The topological polar surface area (TPSA) is 12.0 Å². The lowest BCUT2D eigenvalue weighted by atomic mass is 10.2. The molecule has 0 amide bonds. The molecule has 1 N–H and O–H groups in total. The smallest absolute Gasteiger partial charge is 0.0716 e. The average molecular weight is 172 g/mol. The van der Waals surface area contributed by atoms with Gasteiger partial charge in [-0.1, -0.05) is 30.9 Å². The van der Waals surface area contributed by atoms with Gasteiger partial charge in [0.25, 0.3) is 0 Å². The Labute approximate surface area is 73.4 Å². The molecule has 0 atom stereocenters. The fourth-order valence-electron chi connectivity index (χ4n) is 0.730. The monoisotopic (exact) mass is 171 g/mol. The van der Waals surface area contributed by atoms with Gasteiger partial charge in [0, 0.05) is 6.54 Å². The van der Waals surface area contributed by atoms with E-state index in [9.17, 15) is 0 Å². The van der Waals surface area contributed by atoms with Crippen molar-refractivity contribution in [3.63, 3.8) is 0 Å². The molecule has 0 heterocycles. The largest absolute Gasteiger partial charge is 0.300 e. The summed E-state index contributed by atoms with van der Waals surface area (Å²) in [4.78, 5) is 0. The Morgan fingerprint density at radius 1 is 1.64 bits per heavy atom. The Morgan fingerprint density at radius 3 is 2.82 bits per heavy atom. The maximum atomic E-state index is 5.46. The molecule has 0 bridgehead atoms. The number of hydrogen-bond acceptors (Lipinski definition) is 1. The zero-order valence-electron chi connectivity index (χ0n) is 6.81. The first-order valence-electron chi connectivity index (χ1n) is 3.56. The second-order valence-electron chi connectivity index (χ2n) is 2.04. The number of rotatable bonds is 5. The first-order chi connectivity index (χ1) is 5.35. The third kappa shape index (κ3) is 5.89. The minimum atomic E-state index is 0.478. The molecule has 62 valence electrons. The number of nitrogens with one attached hydrogen (secondary N) is 1. The molecule has 11 heavy (non-hydrogen) atoms. The summed E-state index contributed by atoms with van der Waals surface area (Å²) in [6.07, 6.45) is 7.75. The van der Waals surface area contributed by atoms with Gasteiger partial charge in [0.15, 0.2) is 0 Å². The van der Waals surface area contributed by atoms with E-state index in [2.05, 4.69) is 11.9 Å². The first kappa shape index (κ1) is 10.5. The van der Waals surface area contributed by atoms with Crippen LogP contribution in [0.5, 0.6) is 0 Å². The van der Waals surface area contributed by atoms with Gasteiger partial charge in [-0.25, -0.2) is 0 Å². The van der Waals surface area contributed by atoms with Crippen LogP contribution in [0.15, 0.2) is 36.5 Å². The second-order valence-corrected chi connectivity index (χ2v) is 2.30. The van der Waals surface area contributed by atoms with Crippen LogP contribution in [0.1, 0.15) is 6.92 Å². The molecule has 0 spiro atoms. The maximum Gasteiger partial charge on any atom is 0.0716 e. The van der Waals surface area contributed by atoms with Crippen LogP contribution in [-0.2, 0) is 0 Å². The zero-order chi connectivity index (χ0) is 8.53. The van der Waals surface area contributed by atoms with Gasteiger partial charge in [0.05, 0.1) is 6.00 Å². The van der Waals surface area contributed by atoms with Gasteiger partial charge in [-0.05, 0) is 12.5 Å². The van der Waals surface area contributed by atoms with Crippen LogP contribution in [0.3, 0.4) is 0 Å². The van der Waals surface area contributed by atoms with Crippen LogP contribution in [0.4, 0.5) is 0 Å². The summed E-state index contributed by atoms with van der Waals surface area (Å²) in [5, 5.41) is 3.02. The fourth-order valence-corrected chi connectivity index (χ4v) is 0.825. The van der Waals surface area contributed by atoms with Gasteiger partial charge in [-0.2, -0.15) is 0 Å². The van der Waals surface area contributed by atoms with Gasteiger partial charge in [-0.3, -0.25) is 5.32 Å². The van der Waals surface area contributed by atoms with E-state index in [0.29, 0.717) is 6.00 Å². The molecule has 0 aliphatic rings. The van der Waals surface area contributed by atoms with Crippen LogP contribution in [-0.4, -0.2) is 12.5 Å². The number of halogens is 1. The molecular formula is C9H14ClN. The Morgan fingerprint density at radius 2 is 2.36 bits per heavy atom. The summed E-state index contributed by atoms with van der Waals surface area (Å²) < 4.78 is 0. The lowest BCUT2D eigenvalue weighted by molar-refractivity contribution is 0.864. The summed E-state index contributed by atoms with van der Waals surface area (Å²) in [7, 11) is 0. The van der Waals surface area contributed by atoms with Crippen LogP contribution in [0.2, 0.25) is 0 Å². The highest BCUT2D eigenvalue weighted by Crippen LogP contribution is 1.95. The number of alkyl halides is 1. The summed E-state index contributed by atoms with van der Waals surface area (Å²) >= 11 is 5.46. The maximum absolute atomic E-state index is 5.46. The molecular weight excluding hydrogens is 158 g/mol. The van der Waals surface area contributed by atoms with Crippen molar-refractivity contribution in [3.05, 3.63) is 36.5 Å². The van der Waals surface area contributed by atoms with E-state index >= 15 is 0 Å². The number of allylic oxidation sites excluding steroid dienone is 3. The molecule has 0 aromatic carbocycles. The van der Waals surface area contributed by atoms with Gasteiger partial charge in [0.2, 0.25) is 0 Å². The molecule has 0 saturated heterocycles. The van der Waals surface area contributed by atoms with Crippen LogP contribution in [0, 0.1) is 0 Å². The van der Waals surface area contributed by atoms with E-state index in [0.717, 1.165) is 6.54 Å². The Kier molecular flexibility index (Phi) is 7.21. The van der Waals surface area contributed by atoms with Crippen molar-refractivity contribution in [2.75, 3.05) is 12.5 Å². The van der Waals surface area contributed by atoms with Crippen molar-refractivity contribution >= 4 is 11.6 Å². The molecule has 0 aliphatic carbocycles. The third-order valence-corrected chi connectivity index (χ3v) is 1.33. The van der Waals surface area contributed by atoms with Gasteiger partial charge in [-0.15, -0.1) is 11.6 Å². The van der Waals surface area contributed by atoms with Crippen LogP contribution >= 0.6 is 11.6 Å². The summed E-state index contributed by atoms with van der Waals surface area (Å²) in [6, 6.07) is 0.478. The predicted molar refractivity (Wildman–Crippen MR) is 51.8 cm³/mol. The van der Waals surface area contributed by atoms with Gasteiger partial charge < -0.3 is 0 Å². The van der Waals surface area contributed by atoms with Crippen molar-refractivity contribution in [2.45, 2.75) is 6.92 Å².